The molecule has 0 bridgehead atoms. The molecular weight excluding hydrogens is 382 g/mol. The van der Waals surface area contributed by atoms with Gasteiger partial charge in [-0.1, -0.05) is 24.1 Å². The number of hydrogen-bond donors (Lipinski definition) is 1. The molecule has 0 spiro atoms. The summed E-state index contributed by atoms with van der Waals surface area (Å²) in [5.74, 6) is 0.931. The maximum absolute atomic E-state index is 11.6. The first-order valence-electron chi connectivity index (χ1n) is 9.93. The Hall–Kier alpha value is -1.20. The van der Waals surface area contributed by atoms with Gasteiger partial charge in [-0.25, -0.2) is 8.99 Å². The highest BCUT2D eigenvalue weighted by Crippen LogP contribution is 2.20. The van der Waals surface area contributed by atoms with E-state index in [1.54, 1.807) is 13.3 Å². The van der Waals surface area contributed by atoms with Gasteiger partial charge in [-0.3, -0.25) is 4.79 Å². The molecule has 0 unspecified atom stereocenters. The summed E-state index contributed by atoms with van der Waals surface area (Å²) < 4.78 is 20.3. The van der Waals surface area contributed by atoms with Crippen molar-refractivity contribution in [3.8, 4) is 0 Å². The van der Waals surface area contributed by atoms with Gasteiger partial charge in [-0.2, -0.15) is 0 Å². The van der Waals surface area contributed by atoms with Gasteiger partial charge in [0.15, 0.2) is 0 Å². The molecule has 10 heteroatoms. The highest BCUT2D eigenvalue weighted by atomic mass is 32.2. The van der Waals surface area contributed by atoms with Gasteiger partial charge in [0.2, 0.25) is 5.91 Å². The van der Waals surface area contributed by atoms with E-state index in [9.17, 15) is 4.79 Å². The third-order valence-electron chi connectivity index (χ3n) is 4.19. The highest BCUT2D eigenvalue weighted by Gasteiger charge is 2.26. The molecule has 28 heavy (non-hydrogen) atoms. The fraction of sp³-hybridized carbons (Fsp3) is 0.833. The largest absolute Gasteiger partial charge is 0.381 e. The zero-order valence-electron chi connectivity index (χ0n) is 17.0. The second-order valence-electron chi connectivity index (χ2n) is 6.67. The fourth-order valence-electron chi connectivity index (χ4n) is 2.52. The van der Waals surface area contributed by atoms with Crippen molar-refractivity contribution in [3.63, 3.8) is 0 Å². The summed E-state index contributed by atoms with van der Waals surface area (Å²) in [6.45, 7) is 7.51. The van der Waals surface area contributed by atoms with E-state index in [-0.39, 0.29) is 12.5 Å². The van der Waals surface area contributed by atoms with Crippen LogP contribution in [-0.4, -0.2) is 83.6 Å². The molecule has 1 fully saturated rings. The molecule has 0 radical (unpaired) electrons. The molecule has 0 saturated carbocycles. The number of carbonyl (C=O) groups is 1. The topological polar surface area (TPSA) is 90.7 Å². The average Bonchev–Trinajstić information content (AvgIpc) is 3.10. The fourth-order valence-corrected chi connectivity index (χ4v) is 3.51. The molecule has 1 saturated heterocycles. The molecule has 0 aliphatic carbocycles. The summed E-state index contributed by atoms with van der Waals surface area (Å²) in [6, 6.07) is 0. The van der Waals surface area contributed by atoms with E-state index in [1.807, 2.05) is 18.9 Å². The smallest absolute Gasteiger partial charge is 0.241 e. The Labute approximate surface area is 171 Å². The quantitative estimate of drug-likeness (QED) is 0.317. The van der Waals surface area contributed by atoms with E-state index in [1.165, 1.54) is 4.68 Å². The van der Waals surface area contributed by atoms with Crippen LogP contribution < -0.4 is 5.32 Å². The van der Waals surface area contributed by atoms with Gasteiger partial charge >= 0.3 is 0 Å². The first kappa shape index (κ1) is 23.1. The van der Waals surface area contributed by atoms with Gasteiger partial charge in [0.1, 0.15) is 12.2 Å². The minimum Gasteiger partial charge on any atom is -0.381 e. The number of nitrogens with zero attached hydrogens (tertiary/aromatic N) is 4. The second-order valence-corrected chi connectivity index (χ2v) is 7.85. The molecule has 9 nitrogen and oxygen atoms in total. The molecule has 160 valence electrons. The van der Waals surface area contributed by atoms with E-state index in [0.717, 1.165) is 57.0 Å². The number of carbonyl (C=O) groups excluding carboxylic acids is 1. The number of unbranched alkanes of at least 4 members (excludes halogenated alkanes) is 1. The molecular formula is C18H33N5O4S. The van der Waals surface area contributed by atoms with E-state index in [2.05, 4.69) is 19.9 Å². The standard InChI is InChI=1S/C18H33N5O4S/c1-3-6-19-18(24)14-22-11-16(20-21-22)15-27-8-5-4-7-26-9-10-28-23-12-17(13-23)25-2/h11,17H,3-10,12-15H2,1-2H3,(H,19,24). The number of rotatable bonds is 16. The van der Waals surface area contributed by atoms with E-state index < -0.39 is 0 Å². The lowest BCUT2D eigenvalue weighted by atomic mass is 10.2. The number of hydrogen-bond acceptors (Lipinski definition) is 8. The lowest BCUT2D eigenvalue weighted by Gasteiger charge is -2.36. The zero-order chi connectivity index (χ0) is 20.0. The Morgan fingerprint density at radius 2 is 2.07 bits per heavy atom. The summed E-state index contributed by atoms with van der Waals surface area (Å²) in [4.78, 5) is 11.6. The Morgan fingerprint density at radius 1 is 1.29 bits per heavy atom. The van der Waals surface area contributed by atoms with Crippen LogP contribution in [0.4, 0.5) is 0 Å². The first-order valence-corrected chi connectivity index (χ1v) is 10.9. The van der Waals surface area contributed by atoms with E-state index in [4.69, 9.17) is 14.2 Å². The van der Waals surface area contributed by atoms with Crippen LogP contribution in [0, 0.1) is 0 Å². The average molecular weight is 416 g/mol. The number of nitrogens with one attached hydrogen (secondary N) is 1. The van der Waals surface area contributed by atoms with Crippen molar-refractivity contribution in [2.24, 2.45) is 0 Å². The Kier molecular flexibility index (Phi) is 11.5. The predicted octanol–water partition coefficient (Wildman–Crippen LogP) is 1.10. The molecule has 1 aromatic heterocycles. The van der Waals surface area contributed by atoms with Crippen molar-refractivity contribution in [2.75, 3.05) is 52.3 Å². The second kappa shape index (κ2) is 13.9. The van der Waals surface area contributed by atoms with Gasteiger partial charge in [0.25, 0.3) is 0 Å². The van der Waals surface area contributed by atoms with Crippen molar-refractivity contribution in [1.29, 1.82) is 0 Å². The number of amides is 1. The molecule has 2 heterocycles. The molecule has 1 amide bonds. The monoisotopic (exact) mass is 415 g/mol. The van der Waals surface area contributed by atoms with Crippen molar-refractivity contribution in [2.45, 2.75) is 45.4 Å². The number of methoxy groups -OCH3 is 1. The molecule has 1 aliphatic rings. The van der Waals surface area contributed by atoms with Crippen molar-refractivity contribution >= 4 is 17.9 Å². The van der Waals surface area contributed by atoms with Crippen LogP contribution in [0.25, 0.3) is 0 Å². The SMILES string of the molecule is CCCNC(=O)Cn1cc(COCCCCOCCSN2CC(OC)C2)nn1. The normalized spacial score (nSPS) is 14.9. The minimum atomic E-state index is -0.0540. The molecule has 1 aromatic rings. The number of ether oxygens (including phenoxy) is 3. The summed E-state index contributed by atoms with van der Waals surface area (Å²) in [7, 11) is 1.76. The lowest BCUT2D eigenvalue weighted by molar-refractivity contribution is -0.121. The van der Waals surface area contributed by atoms with Crippen LogP contribution in [0.15, 0.2) is 6.20 Å². The Morgan fingerprint density at radius 3 is 2.82 bits per heavy atom. The lowest BCUT2D eigenvalue weighted by Crippen LogP contribution is -2.47. The first-order chi connectivity index (χ1) is 13.7. The summed E-state index contributed by atoms with van der Waals surface area (Å²) >= 11 is 1.82. The van der Waals surface area contributed by atoms with Crippen molar-refractivity contribution < 1.29 is 19.0 Å². The summed E-state index contributed by atoms with van der Waals surface area (Å²) in [5.41, 5.74) is 0.735. The van der Waals surface area contributed by atoms with Crippen LogP contribution in [0.3, 0.4) is 0 Å². The minimum absolute atomic E-state index is 0.0540. The van der Waals surface area contributed by atoms with Gasteiger partial charge in [0.05, 0.1) is 25.5 Å². The summed E-state index contributed by atoms with van der Waals surface area (Å²) in [5, 5.41) is 10.8. The van der Waals surface area contributed by atoms with Crippen molar-refractivity contribution in [1.82, 2.24) is 24.6 Å². The predicted molar refractivity (Wildman–Crippen MR) is 108 cm³/mol. The van der Waals surface area contributed by atoms with Crippen LogP contribution in [0.2, 0.25) is 0 Å². The third-order valence-corrected chi connectivity index (χ3v) is 5.20. The van der Waals surface area contributed by atoms with Crippen molar-refractivity contribution in [3.05, 3.63) is 11.9 Å². The molecule has 0 aromatic carbocycles. The van der Waals surface area contributed by atoms with Gasteiger partial charge in [0, 0.05) is 45.7 Å². The zero-order valence-corrected chi connectivity index (χ0v) is 17.8. The maximum atomic E-state index is 11.6. The van der Waals surface area contributed by atoms with Gasteiger partial charge < -0.3 is 19.5 Å². The molecule has 2 rings (SSSR count). The van der Waals surface area contributed by atoms with E-state index >= 15 is 0 Å². The summed E-state index contributed by atoms with van der Waals surface area (Å²) in [6.07, 6.45) is 5.00. The van der Waals surface area contributed by atoms with Crippen LogP contribution >= 0.6 is 11.9 Å². The molecule has 0 atom stereocenters. The van der Waals surface area contributed by atoms with Gasteiger partial charge in [-0.05, 0) is 19.3 Å². The van der Waals surface area contributed by atoms with Crippen LogP contribution in [-0.2, 0) is 32.2 Å². The Balaban J connectivity index is 1.38. The molecule has 1 aliphatic heterocycles. The molecule has 1 N–H and O–H groups in total. The van der Waals surface area contributed by atoms with Crippen LogP contribution in [0.1, 0.15) is 31.9 Å². The van der Waals surface area contributed by atoms with E-state index in [0.29, 0.717) is 25.9 Å². The van der Waals surface area contributed by atoms with Crippen LogP contribution in [0.5, 0.6) is 0 Å². The third kappa shape index (κ3) is 9.33. The maximum Gasteiger partial charge on any atom is 0.241 e. The highest BCUT2D eigenvalue weighted by molar-refractivity contribution is 7.97. The van der Waals surface area contributed by atoms with Gasteiger partial charge in [-0.15, -0.1) is 5.10 Å². The number of aromatic nitrogens is 3. The Bertz CT molecular complexity index is 554.